The molecular formula is C18H27NO. The summed E-state index contributed by atoms with van der Waals surface area (Å²) in [5.41, 5.74) is 2.72. The SMILES string of the molecule is CC1=CC(C)CC(CNc2ccc(OC(C)C)cc2)C1. The summed E-state index contributed by atoms with van der Waals surface area (Å²) in [5, 5.41) is 3.55. The quantitative estimate of drug-likeness (QED) is 0.772. The molecule has 2 rings (SSSR count). The van der Waals surface area contributed by atoms with Crippen LogP contribution in [0.1, 0.15) is 40.5 Å². The van der Waals surface area contributed by atoms with Crippen LogP contribution in [0.25, 0.3) is 0 Å². The number of benzene rings is 1. The van der Waals surface area contributed by atoms with Gasteiger partial charge in [-0.05, 0) is 69.7 Å². The third-order valence-corrected chi connectivity index (χ3v) is 3.71. The lowest BCUT2D eigenvalue weighted by atomic mass is 9.84. The number of hydrogen-bond acceptors (Lipinski definition) is 2. The average molecular weight is 273 g/mol. The van der Waals surface area contributed by atoms with Gasteiger partial charge in [-0.2, -0.15) is 0 Å². The van der Waals surface area contributed by atoms with Gasteiger partial charge in [0.15, 0.2) is 0 Å². The summed E-state index contributed by atoms with van der Waals surface area (Å²) in [6.45, 7) is 9.72. The van der Waals surface area contributed by atoms with E-state index in [0.717, 1.165) is 24.1 Å². The van der Waals surface area contributed by atoms with Gasteiger partial charge in [0, 0.05) is 12.2 Å². The summed E-state index contributed by atoms with van der Waals surface area (Å²) in [4.78, 5) is 0. The predicted molar refractivity (Wildman–Crippen MR) is 86.3 cm³/mol. The van der Waals surface area contributed by atoms with Crippen molar-refractivity contribution < 1.29 is 4.74 Å². The van der Waals surface area contributed by atoms with E-state index >= 15 is 0 Å². The zero-order chi connectivity index (χ0) is 14.5. The largest absolute Gasteiger partial charge is 0.491 e. The Hall–Kier alpha value is -1.44. The standard InChI is InChI=1S/C18H27NO/c1-13(2)20-18-7-5-17(6-8-18)19-12-16-10-14(3)9-15(4)11-16/h5-9,13-14,16,19H,10-12H2,1-4H3. The third-order valence-electron chi connectivity index (χ3n) is 3.71. The highest BCUT2D eigenvalue weighted by Crippen LogP contribution is 2.28. The lowest BCUT2D eigenvalue weighted by Gasteiger charge is -2.26. The van der Waals surface area contributed by atoms with E-state index in [4.69, 9.17) is 4.74 Å². The summed E-state index contributed by atoms with van der Waals surface area (Å²) in [6.07, 6.45) is 5.16. The van der Waals surface area contributed by atoms with Crippen molar-refractivity contribution in [2.45, 2.75) is 46.6 Å². The summed E-state index contributed by atoms with van der Waals surface area (Å²) < 4.78 is 5.66. The molecule has 0 aliphatic heterocycles. The van der Waals surface area contributed by atoms with Crippen LogP contribution in [-0.4, -0.2) is 12.6 Å². The van der Waals surface area contributed by atoms with Crippen LogP contribution in [0.15, 0.2) is 35.9 Å². The van der Waals surface area contributed by atoms with Gasteiger partial charge in [0.25, 0.3) is 0 Å². The van der Waals surface area contributed by atoms with E-state index in [2.05, 4.69) is 37.4 Å². The second-order valence-electron chi connectivity index (χ2n) is 6.37. The Bertz CT molecular complexity index is 447. The van der Waals surface area contributed by atoms with E-state index in [-0.39, 0.29) is 6.10 Å². The summed E-state index contributed by atoms with van der Waals surface area (Å²) in [5.74, 6) is 2.41. The molecule has 20 heavy (non-hydrogen) atoms. The zero-order valence-corrected chi connectivity index (χ0v) is 13.1. The van der Waals surface area contributed by atoms with Gasteiger partial charge in [-0.25, -0.2) is 0 Å². The summed E-state index contributed by atoms with van der Waals surface area (Å²) >= 11 is 0. The van der Waals surface area contributed by atoms with E-state index in [1.54, 1.807) is 0 Å². The Balaban J connectivity index is 1.83. The van der Waals surface area contributed by atoms with Crippen molar-refractivity contribution >= 4 is 5.69 Å². The smallest absolute Gasteiger partial charge is 0.119 e. The fourth-order valence-electron chi connectivity index (χ4n) is 3.03. The topological polar surface area (TPSA) is 21.3 Å². The molecule has 0 fully saturated rings. The molecule has 1 aliphatic rings. The van der Waals surface area contributed by atoms with Crippen molar-refractivity contribution in [3.8, 4) is 5.75 Å². The number of nitrogens with one attached hydrogen (secondary N) is 1. The molecule has 110 valence electrons. The molecule has 0 aromatic heterocycles. The molecule has 0 bridgehead atoms. The number of rotatable bonds is 5. The molecule has 2 nitrogen and oxygen atoms in total. The van der Waals surface area contributed by atoms with Crippen molar-refractivity contribution in [1.29, 1.82) is 0 Å². The molecule has 0 saturated heterocycles. The Morgan fingerprint density at radius 3 is 2.55 bits per heavy atom. The Morgan fingerprint density at radius 2 is 1.95 bits per heavy atom. The van der Waals surface area contributed by atoms with E-state index in [1.165, 1.54) is 24.1 Å². The Morgan fingerprint density at radius 1 is 1.25 bits per heavy atom. The van der Waals surface area contributed by atoms with Crippen molar-refractivity contribution in [3.05, 3.63) is 35.9 Å². The maximum atomic E-state index is 5.66. The maximum Gasteiger partial charge on any atom is 0.119 e. The molecule has 0 radical (unpaired) electrons. The first-order valence-corrected chi connectivity index (χ1v) is 7.71. The minimum atomic E-state index is 0.229. The maximum absolute atomic E-state index is 5.66. The van der Waals surface area contributed by atoms with Gasteiger partial charge in [-0.1, -0.05) is 18.6 Å². The normalized spacial score (nSPS) is 22.6. The molecule has 1 aromatic carbocycles. The van der Waals surface area contributed by atoms with Crippen molar-refractivity contribution in [2.75, 3.05) is 11.9 Å². The molecule has 0 amide bonds. The number of allylic oxidation sites excluding steroid dienone is 2. The zero-order valence-electron chi connectivity index (χ0n) is 13.1. The fraction of sp³-hybridized carbons (Fsp3) is 0.556. The highest BCUT2D eigenvalue weighted by molar-refractivity contribution is 5.46. The van der Waals surface area contributed by atoms with Crippen molar-refractivity contribution in [1.82, 2.24) is 0 Å². The summed E-state index contributed by atoms with van der Waals surface area (Å²) in [6, 6.07) is 8.29. The first-order valence-electron chi connectivity index (χ1n) is 7.71. The van der Waals surface area contributed by atoms with E-state index < -0.39 is 0 Å². The average Bonchev–Trinajstić information content (AvgIpc) is 2.36. The van der Waals surface area contributed by atoms with Gasteiger partial charge < -0.3 is 10.1 Å². The molecule has 1 aliphatic carbocycles. The second kappa shape index (κ2) is 6.83. The van der Waals surface area contributed by atoms with Gasteiger partial charge in [0.05, 0.1) is 6.10 Å². The van der Waals surface area contributed by atoms with Gasteiger partial charge in [0.2, 0.25) is 0 Å². The van der Waals surface area contributed by atoms with Crippen LogP contribution in [0, 0.1) is 11.8 Å². The van der Waals surface area contributed by atoms with Gasteiger partial charge >= 0.3 is 0 Å². The van der Waals surface area contributed by atoms with Gasteiger partial charge in [-0.15, -0.1) is 0 Å². The highest BCUT2D eigenvalue weighted by Gasteiger charge is 2.17. The number of ether oxygens (including phenoxy) is 1. The lowest BCUT2D eigenvalue weighted by Crippen LogP contribution is -2.20. The van der Waals surface area contributed by atoms with Crippen LogP contribution < -0.4 is 10.1 Å². The first kappa shape index (κ1) is 15.0. The Labute approximate surface area is 123 Å². The van der Waals surface area contributed by atoms with Crippen molar-refractivity contribution in [2.24, 2.45) is 11.8 Å². The molecule has 2 unspecified atom stereocenters. The molecular weight excluding hydrogens is 246 g/mol. The molecule has 1 aromatic rings. The van der Waals surface area contributed by atoms with Crippen LogP contribution in [0.4, 0.5) is 5.69 Å². The van der Waals surface area contributed by atoms with E-state index in [9.17, 15) is 0 Å². The first-order chi connectivity index (χ1) is 9.52. The minimum Gasteiger partial charge on any atom is -0.491 e. The predicted octanol–water partition coefficient (Wildman–Crippen LogP) is 4.88. The molecule has 0 spiro atoms. The van der Waals surface area contributed by atoms with E-state index in [1.807, 2.05) is 26.0 Å². The van der Waals surface area contributed by atoms with Crippen molar-refractivity contribution in [3.63, 3.8) is 0 Å². The van der Waals surface area contributed by atoms with Crippen LogP contribution in [0.3, 0.4) is 0 Å². The molecule has 1 N–H and O–H groups in total. The van der Waals surface area contributed by atoms with Crippen LogP contribution in [0.2, 0.25) is 0 Å². The van der Waals surface area contributed by atoms with Gasteiger partial charge in [-0.3, -0.25) is 0 Å². The molecule has 2 heteroatoms. The van der Waals surface area contributed by atoms with Crippen LogP contribution in [0.5, 0.6) is 5.75 Å². The highest BCUT2D eigenvalue weighted by atomic mass is 16.5. The van der Waals surface area contributed by atoms with Crippen LogP contribution >= 0.6 is 0 Å². The van der Waals surface area contributed by atoms with Crippen LogP contribution in [-0.2, 0) is 0 Å². The third kappa shape index (κ3) is 4.59. The fourth-order valence-corrected chi connectivity index (χ4v) is 3.03. The number of hydrogen-bond donors (Lipinski definition) is 1. The molecule has 0 heterocycles. The summed E-state index contributed by atoms with van der Waals surface area (Å²) in [7, 11) is 0. The monoisotopic (exact) mass is 273 g/mol. The minimum absolute atomic E-state index is 0.229. The van der Waals surface area contributed by atoms with Gasteiger partial charge in [0.1, 0.15) is 5.75 Å². The Kier molecular flexibility index (Phi) is 5.11. The second-order valence-corrected chi connectivity index (χ2v) is 6.37. The van der Waals surface area contributed by atoms with E-state index in [0.29, 0.717) is 0 Å². The molecule has 0 saturated carbocycles. The molecule has 2 atom stereocenters. The number of anilines is 1. The lowest BCUT2D eigenvalue weighted by molar-refractivity contribution is 0.242.